The van der Waals surface area contributed by atoms with E-state index in [1.165, 1.54) is 0 Å². The number of nitrogens with one attached hydrogen (secondary N) is 1. The Morgan fingerprint density at radius 1 is 1.37 bits per heavy atom. The van der Waals surface area contributed by atoms with Crippen LogP contribution in [0.2, 0.25) is 0 Å². The topological polar surface area (TPSA) is 50.2 Å². The van der Waals surface area contributed by atoms with E-state index in [1.54, 1.807) is 22.8 Å². The molecule has 1 aromatic heterocycles. The lowest BCUT2D eigenvalue weighted by Crippen LogP contribution is -2.32. The van der Waals surface area contributed by atoms with Crippen molar-refractivity contribution in [1.82, 2.24) is 20.0 Å². The van der Waals surface area contributed by atoms with Crippen LogP contribution in [0.25, 0.3) is 5.69 Å². The minimum Gasteiger partial charge on any atom is -0.340 e. The summed E-state index contributed by atoms with van der Waals surface area (Å²) in [4.78, 5) is 13.8. The highest BCUT2D eigenvalue weighted by molar-refractivity contribution is 5.94. The molecule has 1 heterocycles. The number of nitrogens with zero attached hydrogens (tertiary/aromatic N) is 3. The molecule has 2 aromatic rings. The summed E-state index contributed by atoms with van der Waals surface area (Å²) in [6, 6.07) is 9.31. The summed E-state index contributed by atoms with van der Waals surface area (Å²) in [7, 11) is 3.68. The molecule has 1 amide bonds. The number of carbonyl (C=O) groups is 1. The van der Waals surface area contributed by atoms with Gasteiger partial charge in [-0.2, -0.15) is 5.10 Å². The molecule has 0 saturated heterocycles. The molecular formula is C14H18N4O. The van der Waals surface area contributed by atoms with Gasteiger partial charge in [-0.3, -0.25) is 4.79 Å². The lowest BCUT2D eigenvalue weighted by Gasteiger charge is -2.17. The lowest BCUT2D eigenvalue weighted by atomic mass is 10.2. The first-order valence-corrected chi connectivity index (χ1v) is 6.22. The quantitative estimate of drug-likeness (QED) is 0.875. The van der Waals surface area contributed by atoms with Gasteiger partial charge >= 0.3 is 0 Å². The number of carbonyl (C=O) groups excluding carboxylic acids is 1. The van der Waals surface area contributed by atoms with Gasteiger partial charge in [0.25, 0.3) is 5.91 Å². The van der Waals surface area contributed by atoms with Crippen molar-refractivity contribution in [3.63, 3.8) is 0 Å². The molecule has 0 saturated carbocycles. The van der Waals surface area contributed by atoms with Crippen molar-refractivity contribution in [1.29, 1.82) is 0 Å². The van der Waals surface area contributed by atoms with Gasteiger partial charge in [-0.05, 0) is 37.4 Å². The second-order valence-corrected chi connectivity index (χ2v) is 4.33. The molecule has 0 bridgehead atoms. The van der Waals surface area contributed by atoms with Crippen molar-refractivity contribution < 1.29 is 4.79 Å². The molecule has 2 rings (SSSR count). The predicted molar refractivity (Wildman–Crippen MR) is 74.5 cm³/mol. The van der Waals surface area contributed by atoms with Crippen molar-refractivity contribution in [2.45, 2.75) is 0 Å². The maximum atomic E-state index is 12.1. The largest absolute Gasteiger partial charge is 0.340 e. The van der Waals surface area contributed by atoms with Crippen molar-refractivity contribution in [2.75, 3.05) is 27.2 Å². The number of rotatable bonds is 5. The van der Waals surface area contributed by atoms with Gasteiger partial charge in [-0.25, -0.2) is 4.68 Å². The fraction of sp³-hybridized carbons (Fsp3) is 0.286. The van der Waals surface area contributed by atoms with E-state index < -0.39 is 0 Å². The highest BCUT2D eigenvalue weighted by atomic mass is 16.2. The van der Waals surface area contributed by atoms with Crippen molar-refractivity contribution in [3.8, 4) is 5.69 Å². The summed E-state index contributed by atoms with van der Waals surface area (Å²) in [5.74, 6) is 0.0299. The maximum absolute atomic E-state index is 12.1. The van der Waals surface area contributed by atoms with Crippen LogP contribution in [0.15, 0.2) is 42.7 Å². The molecule has 0 fully saturated rings. The van der Waals surface area contributed by atoms with Gasteiger partial charge in [0.05, 0.1) is 5.69 Å². The minimum absolute atomic E-state index is 0.0299. The predicted octanol–water partition coefficient (Wildman–Crippen LogP) is 1.16. The monoisotopic (exact) mass is 258 g/mol. The summed E-state index contributed by atoms with van der Waals surface area (Å²) < 4.78 is 1.76. The Morgan fingerprint density at radius 3 is 2.68 bits per heavy atom. The zero-order valence-electron chi connectivity index (χ0n) is 11.2. The van der Waals surface area contributed by atoms with Crippen LogP contribution in [0, 0.1) is 0 Å². The summed E-state index contributed by atoms with van der Waals surface area (Å²) >= 11 is 0. The normalized spacial score (nSPS) is 10.4. The van der Waals surface area contributed by atoms with E-state index in [0.717, 1.165) is 12.2 Å². The minimum atomic E-state index is 0.0299. The van der Waals surface area contributed by atoms with Crippen molar-refractivity contribution in [3.05, 3.63) is 48.3 Å². The Bertz CT molecular complexity index is 519. The molecule has 100 valence electrons. The smallest absolute Gasteiger partial charge is 0.253 e. The number of likely N-dealkylation sites (N-methyl/N-ethyl adjacent to an activating group) is 2. The molecule has 1 aromatic carbocycles. The zero-order chi connectivity index (χ0) is 13.7. The molecule has 0 atom stereocenters. The molecule has 19 heavy (non-hydrogen) atoms. The Hall–Kier alpha value is -2.14. The van der Waals surface area contributed by atoms with Gasteiger partial charge in [0.1, 0.15) is 0 Å². The van der Waals surface area contributed by atoms with Crippen LogP contribution in [0.1, 0.15) is 10.4 Å². The molecule has 1 N–H and O–H groups in total. The Kier molecular flexibility index (Phi) is 4.30. The van der Waals surface area contributed by atoms with Crippen LogP contribution in [0.4, 0.5) is 0 Å². The van der Waals surface area contributed by atoms with Gasteiger partial charge in [-0.15, -0.1) is 0 Å². The highest BCUT2D eigenvalue weighted by Gasteiger charge is 2.10. The maximum Gasteiger partial charge on any atom is 0.253 e. The van der Waals surface area contributed by atoms with E-state index in [2.05, 4.69) is 10.4 Å². The first kappa shape index (κ1) is 13.3. The third kappa shape index (κ3) is 3.20. The van der Waals surface area contributed by atoms with Gasteiger partial charge in [-0.1, -0.05) is 0 Å². The van der Waals surface area contributed by atoms with Crippen LogP contribution in [-0.4, -0.2) is 47.8 Å². The molecule has 0 aliphatic rings. The molecule has 0 aliphatic carbocycles. The van der Waals surface area contributed by atoms with Crippen molar-refractivity contribution >= 4 is 5.91 Å². The summed E-state index contributed by atoms with van der Waals surface area (Å²) in [5.41, 5.74) is 1.63. The second kappa shape index (κ2) is 6.15. The van der Waals surface area contributed by atoms with Gasteiger partial charge < -0.3 is 10.2 Å². The number of hydrogen-bond donors (Lipinski definition) is 1. The van der Waals surface area contributed by atoms with E-state index >= 15 is 0 Å². The number of aromatic nitrogens is 2. The first-order valence-electron chi connectivity index (χ1n) is 6.22. The molecule has 0 aliphatic heterocycles. The standard InChI is InChI=1S/C14H18N4O/c1-15-9-11-17(2)14(19)12-4-6-13(7-5-12)18-10-3-8-16-18/h3-8,10,15H,9,11H2,1-2H3. The molecule has 5 heteroatoms. The number of amides is 1. The van der Waals surface area contributed by atoms with Crippen LogP contribution < -0.4 is 5.32 Å². The molecule has 5 nitrogen and oxygen atoms in total. The SMILES string of the molecule is CNCCN(C)C(=O)c1ccc(-n2cccn2)cc1. The Labute approximate surface area is 112 Å². The zero-order valence-corrected chi connectivity index (χ0v) is 11.2. The molecule has 0 unspecified atom stereocenters. The lowest BCUT2D eigenvalue weighted by molar-refractivity contribution is 0.0797. The third-order valence-electron chi connectivity index (χ3n) is 2.93. The molecular weight excluding hydrogens is 240 g/mol. The second-order valence-electron chi connectivity index (χ2n) is 4.33. The number of benzene rings is 1. The Morgan fingerprint density at radius 2 is 2.11 bits per heavy atom. The van der Waals surface area contributed by atoms with Crippen LogP contribution >= 0.6 is 0 Å². The van der Waals surface area contributed by atoms with E-state index in [9.17, 15) is 4.79 Å². The van der Waals surface area contributed by atoms with E-state index in [0.29, 0.717) is 12.1 Å². The van der Waals surface area contributed by atoms with Gasteiger partial charge in [0, 0.05) is 38.1 Å². The average molecular weight is 258 g/mol. The van der Waals surface area contributed by atoms with Crippen molar-refractivity contribution in [2.24, 2.45) is 0 Å². The molecule has 0 radical (unpaired) electrons. The molecule has 0 spiro atoms. The third-order valence-corrected chi connectivity index (χ3v) is 2.93. The van der Waals surface area contributed by atoms with Crippen LogP contribution in [0.5, 0.6) is 0 Å². The fourth-order valence-electron chi connectivity index (χ4n) is 1.78. The number of hydrogen-bond acceptors (Lipinski definition) is 3. The summed E-state index contributed by atoms with van der Waals surface area (Å²) in [6.45, 7) is 1.48. The van der Waals surface area contributed by atoms with Gasteiger partial charge in [0.15, 0.2) is 0 Å². The average Bonchev–Trinajstić information content (AvgIpc) is 2.98. The van der Waals surface area contributed by atoms with E-state index in [-0.39, 0.29) is 5.91 Å². The highest BCUT2D eigenvalue weighted by Crippen LogP contribution is 2.10. The fourth-order valence-corrected chi connectivity index (χ4v) is 1.78. The summed E-state index contributed by atoms with van der Waals surface area (Å²) in [6.07, 6.45) is 3.60. The van der Waals surface area contributed by atoms with Crippen LogP contribution in [-0.2, 0) is 0 Å². The van der Waals surface area contributed by atoms with E-state index in [4.69, 9.17) is 0 Å². The first-order chi connectivity index (χ1) is 9.22. The summed E-state index contributed by atoms with van der Waals surface area (Å²) in [5, 5.41) is 7.18. The van der Waals surface area contributed by atoms with E-state index in [1.807, 2.05) is 43.6 Å². The van der Waals surface area contributed by atoms with Gasteiger partial charge in [0.2, 0.25) is 0 Å². The van der Waals surface area contributed by atoms with Crippen LogP contribution in [0.3, 0.4) is 0 Å². The Balaban J connectivity index is 2.08.